The molecule has 1 unspecified atom stereocenters. The van der Waals surface area contributed by atoms with Gasteiger partial charge in [0, 0.05) is 25.2 Å². The number of nitrogens with zero attached hydrogens (tertiary/aromatic N) is 2. The van der Waals surface area contributed by atoms with E-state index in [4.69, 9.17) is 5.73 Å². The van der Waals surface area contributed by atoms with Gasteiger partial charge in [-0.05, 0) is 31.4 Å². The molecule has 1 fully saturated rings. The summed E-state index contributed by atoms with van der Waals surface area (Å²) in [5.74, 6) is 0. The number of rotatable bonds is 2. The van der Waals surface area contributed by atoms with Crippen molar-refractivity contribution in [2.45, 2.75) is 25.8 Å². The molecule has 0 bridgehead atoms. The maximum atomic E-state index is 11.0. The molecule has 1 aromatic rings. The average molecular weight is 235 g/mol. The monoisotopic (exact) mass is 235 g/mol. The number of piperidine rings is 1. The van der Waals surface area contributed by atoms with Gasteiger partial charge in [-0.3, -0.25) is 10.1 Å². The van der Waals surface area contributed by atoms with Crippen molar-refractivity contribution in [3.63, 3.8) is 0 Å². The van der Waals surface area contributed by atoms with Gasteiger partial charge in [0.1, 0.15) is 5.69 Å². The van der Waals surface area contributed by atoms with Gasteiger partial charge >= 0.3 is 0 Å². The number of nitro groups is 1. The highest BCUT2D eigenvalue weighted by Crippen LogP contribution is 2.30. The number of hydrogen-bond donors (Lipinski definition) is 1. The summed E-state index contributed by atoms with van der Waals surface area (Å²) < 4.78 is 0. The second-order valence-corrected chi connectivity index (χ2v) is 4.60. The zero-order valence-corrected chi connectivity index (χ0v) is 9.93. The number of nitro benzene ring substituents is 1. The van der Waals surface area contributed by atoms with Crippen LogP contribution in [0.5, 0.6) is 0 Å². The van der Waals surface area contributed by atoms with Gasteiger partial charge in [-0.15, -0.1) is 0 Å². The lowest BCUT2D eigenvalue weighted by Gasteiger charge is -2.32. The van der Waals surface area contributed by atoms with Gasteiger partial charge in [0.15, 0.2) is 0 Å². The molecule has 1 atom stereocenters. The summed E-state index contributed by atoms with van der Waals surface area (Å²) in [5, 5.41) is 11.0. The minimum Gasteiger partial charge on any atom is -0.364 e. The van der Waals surface area contributed by atoms with E-state index in [2.05, 4.69) is 0 Å². The second kappa shape index (κ2) is 4.71. The van der Waals surface area contributed by atoms with E-state index in [-0.39, 0.29) is 16.7 Å². The molecule has 1 aromatic carbocycles. The van der Waals surface area contributed by atoms with Crippen LogP contribution in [0.1, 0.15) is 18.4 Å². The van der Waals surface area contributed by atoms with Crippen molar-refractivity contribution in [3.8, 4) is 0 Å². The molecular formula is C12H17N3O2. The van der Waals surface area contributed by atoms with Crippen LogP contribution in [0.25, 0.3) is 0 Å². The van der Waals surface area contributed by atoms with E-state index in [1.807, 2.05) is 17.9 Å². The molecular weight excluding hydrogens is 218 g/mol. The Morgan fingerprint density at radius 2 is 2.29 bits per heavy atom. The Labute approximate surface area is 100 Å². The lowest BCUT2D eigenvalue weighted by Crippen LogP contribution is -2.43. The lowest BCUT2D eigenvalue weighted by molar-refractivity contribution is -0.384. The lowest BCUT2D eigenvalue weighted by atomic mass is 10.0. The van der Waals surface area contributed by atoms with Gasteiger partial charge in [0.2, 0.25) is 0 Å². The Morgan fingerprint density at radius 1 is 1.53 bits per heavy atom. The van der Waals surface area contributed by atoms with Crippen LogP contribution in [0, 0.1) is 17.0 Å². The summed E-state index contributed by atoms with van der Waals surface area (Å²) in [4.78, 5) is 12.7. The Hall–Kier alpha value is -1.62. The summed E-state index contributed by atoms with van der Waals surface area (Å²) in [7, 11) is 0. The molecule has 17 heavy (non-hydrogen) atoms. The first kappa shape index (κ1) is 11.9. The van der Waals surface area contributed by atoms with Gasteiger partial charge < -0.3 is 10.6 Å². The van der Waals surface area contributed by atoms with Crippen LogP contribution in [-0.4, -0.2) is 24.1 Å². The normalized spacial score (nSPS) is 20.4. The summed E-state index contributed by atoms with van der Waals surface area (Å²) in [6.07, 6.45) is 1.99. The van der Waals surface area contributed by atoms with E-state index in [0.29, 0.717) is 12.2 Å². The minimum atomic E-state index is -0.325. The molecule has 0 saturated carbocycles. The smallest absolute Gasteiger partial charge is 0.292 e. The fourth-order valence-corrected chi connectivity index (χ4v) is 2.27. The highest BCUT2D eigenvalue weighted by Gasteiger charge is 2.23. The van der Waals surface area contributed by atoms with Crippen molar-refractivity contribution >= 4 is 11.4 Å². The van der Waals surface area contributed by atoms with Crippen molar-refractivity contribution in [2.24, 2.45) is 5.73 Å². The molecule has 1 heterocycles. The van der Waals surface area contributed by atoms with Crippen molar-refractivity contribution < 1.29 is 4.92 Å². The second-order valence-electron chi connectivity index (χ2n) is 4.60. The average Bonchev–Trinajstić information content (AvgIpc) is 2.28. The third-order valence-electron chi connectivity index (χ3n) is 3.13. The Kier molecular flexibility index (Phi) is 3.28. The van der Waals surface area contributed by atoms with Crippen LogP contribution in [0.2, 0.25) is 0 Å². The van der Waals surface area contributed by atoms with Crippen LogP contribution in [0.3, 0.4) is 0 Å². The Balaban J connectivity index is 2.35. The van der Waals surface area contributed by atoms with Gasteiger partial charge in [-0.2, -0.15) is 0 Å². The van der Waals surface area contributed by atoms with Crippen molar-refractivity contribution in [2.75, 3.05) is 18.0 Å². The Morgan fingerprint density at radius 3 is 2.94 bits per heavy atom. The highest BCUT2D eigenvalue weighted by molar-refractivity contribution is 5.64. The van der Waals surface area contributed by atoms with Crippen LogP contribution >= 0.6 is 0 Å². The number of anilines is 1. The van der Waals surface area contributed by atoms with Gasteiger partial charge in [-0.1, -0.05) is 6.07 Å². The number of benzene rings is 1. The van der Waals surface area contributed by atoms with E-state index in [9.17, 15) is 10.1 Å². The number of nitrogens with two attached hydrogens (primary N) is 1. The molecule has 0 amide bonds. The SMILES string of the molecule is Cc1ccc([N+](=O)[O-])c(N2CCCC(N)C2)c1. The first-order valence-corrected chi connectivity index (χ1v) is 5.83. The van der Waals surface area contributed by atoms with E-state index >= 15 is 0 Å². The van der Waals surface area contributed by atoms with Gasteiger partial charge in [-0.25, -0.2) is 0 Å². The van der Waals surface area contributed by atoms with E-state index in [1.165, 1.54) is 0 Å². The maximum absolute atomic E-state index is 11.0. The Bertz CT molecular complexity index is 434. The fourth-order valence-electron chi connectivity index (χ4n) is 2.27. The minimum absolute atomic E-state index is 0.115. The maximum Gasteiger partial charge on any atom is 0.292 e. The molecule has 0 aliphatic carbocycles. The molecule has 1 aliphatic rings. The van der Waals surface area contributed by atoms with Crippen molar-refractivity contribution in [3.05, 3.63) is 33.9 Å². The number of hydrogen-bond acceptors (Lipinski definition) is 4. The predicted molar refractivity (Wildman–Crippen MR) is 67.3 cm³/mol. The summed E-state index contributed by atoms with van der Waals surface area (Å²) in [5.41, 5.74) is 7.82. The molecule has 1 aliphatic heterocycles. The molecule has 0 radical (unpaired) electrons. The topological polar surface area (TPSA) is 72.4 Å². The highest BCUT2D eigenvalue weighted by atomic mass is 16.6. The molecule has 1 saturated heterocycles. The van der Waals surface area contributed by atoms with Crippen LogP contribution in [-0.2, 0) is 0 Å². The molecule has 0 spiro atoms. The summed E-state index contributed by atoms with van der Waals surface area (Å²) in [6.45, 7) is 3.49. The zero-order valence-electron chi connectivity index (χ0n) is 9.93. The quantitative estimate of drug-likeness (QED) is 0.627. The molecule has 92 valence electrons. The van der Waals surface area contributed by atoms with Crippen LogP contribution in [0.15, 0.2) is 18.2 Å². The van der Waals surface area contributed by atoms with Gasteiger partial charge in [0.25, 0.3) is 5.69 Å². The summed E-state index contributed by atoms with van der Waals surface area (Å²) in [6, 6.07) is 5.33. The van der Waals surface area contributed by atoms with Gasteiger partial charge in [0.05, 0.1) is 4.92 Å². The third kappa shape index (κ3) is 2.55. The van der Waals surface area contributed by atoms with Crippen LogP contribution in [0.4, 0.5) is 11.4 Å². The first-order chi connectivity index (χ1) is 8.08. The van der Waals surface area contributed by atoms with Crippen LogP contribution < -0.4 is 10.6 Å². The van der Waals surface area contributed by atoms with Crippen molar-refractivity contribution in [1.82, 2.24) is 0 Å². The van der Waals surface area contributed by atoms with E-state index < -0.39 is 0 Å². The molecule has 5 heteroatoms. The standard InChI is InChI=1S/C12H17N3O2/c1-9-4-5-11(15(16)17)12(7-9)14-6-2-3-10(13)8-14/h4-5,7,10H,2-3,6,8,13H2,1H3. The first-order valence-electron chi connectivity index (χ1n) is 5.83. The zero-order chi connectivity index (χ0) is 12.4. The largest absolute Gasteiger partial charge is 0.364 e. The predicted octanol–water partition coefficient (Wildman–Crippen LogP) is 1.83. The van der Waals surface area contributed by atoms with E-state index in [0.717, 1.165) is 24.9 Å². The molecule has 2 rings (SSSR count). The molecule has 5 nitrogen and oxygen atoms in total. The molecule has 2 N–H and O–H groups in total. The van der Waals surface area contributed by atoms with E-state index in [1.54, 1.807) is 12.1 Å². The molecule has 0 aromatic heterocycles. The third-order valence-corrected chi connectivity index (χ3v) is 3.13. The van der Waals surface area contributed by atoms with Crippen molar-refractivity contribution in [1.29, 1.82) is 0 Å². The fraction of sp³-hybridized carbons (Fsp3) is 0.500. The summed E-state index contributed by atoms with van der Waals surface area (Å²) >= 11 is 0. The number of aryl methyl sites for hydroxylation is 1.